The second-order valence-electron chi connectivity index (χ2n) is 4.89. The number of rotatable bonds is 6. The van der Waals surface area contributed by atoms with E-state index in [2.05, 4.69) is 30.6 Å². The van der Waals surface area contributed by atoms with Crippen LogP contribution >= 0.6 is 22.9 Å². The first-order valence-corrected chi connectivity index (χ1v) is 8.09. The van der Waals surface area contributed by atoms with E-state index < -0.39 is 0 Å². The van der Waals surface area contributed by atoms with Gasteiger partial charge in [0.15, 0.2) is 0 Å². The quantitative estimate of drug-likeness (QED) is 0.779. The number of hydrogen-bond acceptors (Lipinski definition) is 2. The van der Waals surface area contributed by atoms with E-state index in [4.69, 9.17) is 11.6 Å². The highest BCUT2D eigenvalue weighted by atomic mass is 35.5. The average Bonchev–Trinajstić information content (AvgIpc) is 2.85. The van der Waals surface area contributed by atoms with Crippen LogP contribution in [0.4, 0.5) is 4.39 Å². The summed E-state index contributed by atoms with van der Waals surface area (Å²) in [6.07, 6.45) is 1.67. The molecule has 4 heteroatoms. The number of thiophene rings is 1. The van der Waals surface area contributed by atoms with Gasteiger partial charge in [-0.3, -0.25) is 0 Å². The van der Waals surface area contributed by atoms with Gasteiger partial charge >= 0.3 is 0 Å². The van der Waals surface area contributed by atoms with Crippen molar-refractivity contribution in [2.45, 2.75) is 32.7 Å². The molecule has 0 fully saturated rings. The number of halogens is 2. The van der Waals surface area contributed by atoms with Gasteiger partial charge in [-0.15, -0.1) is 11.3 Å². The van der Waals surface area contributed by atoms with E-state index in [1.54, 1.807) is 23.5 Å². The molecule has 1 unspecified atom stereocenters. The standard InChI is InChI=1S/C16H19ClFNS/c1-3-8-19-14(16-11(2)7-9-20-16)10-12-5-4-6-13(17)15(12)18/h4-7,9,14,19H,3,8,10H2,1-2H3. The summed E-state index contributed by atoms with van der Waals surface area (Å²) in [5.74, 6) is -0.299. The predicted molar refractivity (Wildman–Crippen MR) is 85.2 cm³/mol. The van der Waals surface area contributed by atoms with Crippen LogP contribution in [0.2, 0.25) is 5.02 Å². The molecule has 1 atom stereocenters. The fourth-order valence-corrected chi connectivity index (χ4v) is 3.44. The molecule has 20 heavy (non-hydrogen) atoms. The van der Waals surface area contributed by atoms with Gasteiger partial charge in [0.05, 0.1) is 5.02 Å². The largest absolute Gasteiger partial charge is 0.309 e. The summed E-state index contributed by atoms with van der Waals surface area (Å²) < 4.78 is 14.1. The van der Waals surface area contributed by atoms with Crippen molar-refractivity contribution >= 4 is 22.9 Å². The van der Waals surface area contributed by atoms with Crippen LogP contribution in [0.3, 0.4) is 0 Å². The highest BCUT2D eigenvalue weighted by Crippen LogP contribution is 2.29. The van der Waals surface area contributed by atoms with E-state index in [0.29, 0.717) is 12.0 Å². The predicted octanol–water partition coefficient (Wildman–Crippen LogP) is 5.13. The van der Waals surface area contributed by atoms with E-state index in [0.717, 1.165) is 13.0 Å². The maximum absolute atomic E-state index is 14.1. The second kappa shape index (κ2) is 7.21. The lowest BCUT2D eigenvalue weighted by atomic mass is 10.0. The zero-order valence-corrected chi connectivity index (χ0v) is 13.3. The Hall–Kier alpha value is -0.900. The van der Waals surface area contributed by atoms with Gasteiger partial charge in [0.2, 0.25) is 0 Å². The zero-order valence-electron chi connectivity index (χ0n) is 11.7. The molecule has 0 radical (unpaired) electrons. The fraction of sp³-hybridized carbons (Fsp3) is 0.375. The Balaban J connectivity index is 2.24. The zero-order chi connectivity index (χ0) is 14.5. The van der Waals surface area contributed by atoms with Crippen LogP contribution in [0.5, 0.6) is 0 Å². The van der Waals surface area contributed by atoms with Crippen LogP contribution in [-0.2, 0) is 6.42 Å². The molecule has 0 aliphatic rings. The van der Waals surface area contributed by atoms with Gasteiger partial charge in [0.1, 0.15) is 5.82 Å². The van der Waals surface area contributed by atoms with E-state index >= 15 is 0 Å². The minimum Gasteiger partial charge on any atom is -0.309 e. The first kappa shape index (κ1) is 15.5. The van der Waals surface area contributed by atoms with Crippen molar-refractivity contribution in [2.75, 3.05) is 6.54 Å². The van der Waals surface area contributed by atoms with Crippen molar-refractivity contribution in [3.8, 4) is 0 Å². The van der Waals surface area contributed by atoms with E-state index in [1.807, 2.05) is 6.07 Å². The highest BCUT2D eigenvalue weighted by Gasteiger charge is 2.17. The number of hydrogen-bond donors (Lipinski definition) is 1. The average molecular weight is 312 g/mol. The highest BCUT2D eigenvalue weighted by molar-refractivity contribution is 7.10. The number of aryl methyl sites for hydroxylation is 1. The summed E-state index contributed by atoms with van der Waals surface area (Å²) in [6.45, 7) is 5.15. The van der Waals surface area contributed by atoms with Gasteiger partial charge < -0.3 is 5.32 Å². The molecule has 1 aromatic carbocycles. The maximum Gasteiger partial charge on any atom is 0.145 e. The molecule has 0 bridgehead atoms. The normalized spacial score (nSPS) is 12.6. The Morgan fingerprint density at radius 1 is 1.35 bits per heavy atom. The summed E-state index contributed by atoms with van der Waals surface area (Å²) in [5.41, 5.74) is 1.92. The third-order valence-corrected chi connectivity index (χ3v) is 4.74. The van der Waals surface area contributed by atoms with Crippen molar-refractivity contribution in [1.29, 1.82) is 0 Å². The summed E-state index contributed by atoms with van der Waals surface area (Å²) in [6, 6.07) is 7.45. The first-order valence-electron chi connectivity index (χ1n) is 6.83. The van der Waals surface area contributed by atoms with Crippen LogP contribution in [0.15, 0.2) is 29.6 Å². The molecule has 0 saturated carbocycles. The number of nitrogens with one attached hydrogen (secondary N) is 1. The molecule has 0 aliphatic heterocycles. The molecule has 2 aromatic rings. The molecule has 1 nitrogen and oxygen atoms in total. The minimum atomic E-state index is -0.299. The van der Waals surface area contributed by atoms with Crippen LogP contribution in [0, 0.1) is 12.7 Å². The van der Waals surface area contributed by atoms with Crippen LogP contribution < -0.4 is 5.32 Å². The lowest BCUT2D eigenvalue weighted by Gasteiger charge is -2.19. The van der Waals surface area contributed by atoms with E-state index in [-0.39, 0.29) is 16.9 Å². The summed E-state index contributed by atoms with van der Waals surface area (Å²) in [4.78, 5) is 1.28. The Morgan fingerprint density at radius 2 is 2.15 bits per heavy atom. The lowest BCUT2D eigenvalue weighted by Crippen LogP contribution is -2.24. The van der Waals surface area contributed by atoms with Crippen LogP contribution in [-0.4, -0.2) is 6.54 Å². The molecule has 2 rings (SSSR count). The molecule has 0 saturated heterocycles. The molecule has 1 N–H and O–H groups in total. The smallest absolute Gasteiger partial charge is 0.145 e. The third kappa shape index (κ3) is 3.60. The topological polar surface area (TPSA) is 12.0 Å². The van der Waals surface area contributed by atoms with E-state index in [9.17, 15) is 4.39 Å². The summed E-state index contributed by atoms with van der Waals surface area (Å²) in [7, 11) is 0. The van der Waals surface area contributed by atoms with Gasteiger partial charge in [0.25, 0.3) is 0 Å². The molecular weight excluding hydrogens is 293 g/mol. The Bertz CT molecular complexity index is 567. The molecular formula is C16H19ClFNS. The number of benzene rings is 1. The monoisotopic (exact) mass is 311 g/mol. The maximum atomic E-state index is 14.1. The van der Waals surface area contributed by atoms with Gasteiger partial charge in [-0.1, -0.05) is 30.7 Å². The molecule has 1 aromatic heterocycles. The molecule has 1 heterocycles. The summed E-state index contributed by atoms with van der Waals surface area (Å²) in [5, 5.41) is 5.79. The second-order valence-corrected chi connectivity index (χ2v) is 6.25. The van der Waals surface area contributed by atoms with Crippen LogP contribution in [0.1, 0.15) is 35.4 Å². The van der Waals surface area contributed by atoms with Gasteiger partial charge in [-0.2, -0.15) is 0 Å². The Kier molecular flexibility index (Phi) is 5.58. The van der Waals surface area contributed by atoms with Crippen molar-refractivity contribution in [3.05, 3.63) is 56.5 Å². The van der Waals surface area contributed by atoms with Gasteiger partial charge in [0, 0.05) is 10.9 Å². The summed E-state index contributed by atoms with van der Waals surface area (Å²) >= 11 is 7.58. The van der Waals surface area contributed by atoms with Crippen molar-refractivity contribution < 1.29 is 4.39 Å². The Labute approximate surface area is 128 Å². The van der Waals surface area contributed by atoms with Crippen molar-refractivity contribution in [2.24, 2.45) is 0 Å². The van der Waals surface area contributed by atoms with Gasteiger partial charge in [-0.25, -0.2) is 4.39 Å². The van der Waals surface area contributed by atoms with Gasteiger partial charge in [-0.05, 0) is 54.9 Å². The molecule has 0 aliphatic carbocycles. The SMILES string of the molecule is CCCNC(Cc1cccc(Cl)c1F)c1sccc1C. The first-order chi connectivity index (χ1) is 9.63. The third-order valence-electron chi connectivity index (χ3n) is 3.31. The Morgan fingerprint density at radius 3 is 2.80 bits per heavy atom. The van der Waals surface area contributed by atoms with Crippen LogP contribution in [0.25, 0.3) is 0 Å². The lowest BCUT2D eigenvalue weighted by molar-refractivity contribution is 0.518. The fourth-order valence-electron chi connectivity index (χ4n) is 2.24. The molecule has 0 amide bonds. The molecule has 0 spiro atoms. The van der Waals surface area contributed by atoms with E-state index in [1.165, 1.54) is 10.4 Å². The molecule has 108 valence electrons. The minimum absolute atomic E-state index is 0.142. The van der Waals surface area contributed by atoms with Crippen molar-refractivity contribution in [3.63, 3.8) is 0 Å². The van der Waals surface area contributed by atoms with Crippen molar-refractivity contribution in [1.82, 2.24) is 5.32 Å².